The van der Waals surface area contributed by atoms with Gasteiger partial charge in [-0.25, -0.2) is 12.7 Å². The van der Waals surface area contributed by atoms with Crippen molar-refractivity contribution in [1.29, 1.82) is 0 Å². The van der Waals surface area contributed by atoms with Gasteiger partial charge in [0.25, 0.3) is 0 Å². The van der Waals surface area contributed by atoms with Gasteiger partial charge in [0.15, 0.2) is 0 Å². The van der Waals surface area contributed by atoms with E-state index < -0.39 is 10.0 Å². The van der Waals surface area contributed by atoms with Gasteiger partial charge < -0.3 is 5.32 Å². The summed E-state index contributed by atoms with van der Waals surface area (Å²) in [5, 5.41) is 3.34. The average molecular weight is 282 g/mol. The topological polar surface area (TPSA) is 49.4 Å². The molecule has 0 amide bonds. The van der Waals surface area contributed by atoms with Crippen LogP contribution in [-0.4, -0.2) is 32.9 Å². The van der Waals surface area contributed by atoms with Crippen LogP contribution in [-0.2, 0) is 10.0 Å². The van der Waals surface area contributed by atoms with Gasteiger partial charge in [0.1, 0.15) is 4.90 Å². The lowest BCUT2D eigenvalue weighted by Gasteiger charge is -2.19. The van der Waals surface area contributed by atoms with Gasteiger partial charge >= 0.3 is 0 Å². The third kappa shape index (κ3) is 3.48. The number of benzene rings is 1. The number of sulfonamides is 1. The summed E-state index contributed by atoms with van der Waals surface area (Å²) >= 11 is 0. The van der Waals surface area contributed by atoms with Crippen LogP contribution in [0, 0.1) is 5.92 Å². The molecule has 19 heavy (non-hydrogen) atoms. The minimum Gasteiger partial charge on any atom is -0.381 e. The molecule has 2 rings (SSSR count). The van der Waals surface area contributed by atoms with Gasteiger partial charge in [-0.3, -0.25) is 0 Å². The molecule has 0 spiro atoms. The number of para-hydroxylation sites is 1. The summed E-state index contributed by atoms with van der Waals surface area (Å²) in [4.78, 5) is 0.350. The zero-order chi connectivity index (χ0) is 14.0. The molecule has 0 aliphatic heterocycles. The number of hydrogen-bond donors (Lipinski definition) is 1. The fraction of sp³-hybridized carbons (Fsp3) is 0.571. The smallest absolute Gasteiger partial charge is 0.244 e. The molecule has 5 heteroatoms. The van der Waals surface area contributed by atoms with Crippen molar-refractivity contribution >= 4 is 15.7 Å². The van der Waals surface area contributed by atoms with Crippen LogP contribution in [0.4, 0.5) is 5.69 Å². The van der Waals surface area contributed by atoms with Gasteiger partial charge in [-0.1, -0.05) is 25.0 Å². The van der Waals surface area contributed by atoms with E-state index in [-0.39, 0.29) is 0 Å². The lowest BCUT2D eigenvalue weighted by atomic mass is 10.1. The van der Waals surface area contributed by atoms with Crippen molar-refractivity contribution in [1.82, 2.24) is 4.31 Å². The van der Waals surface area contributed by atoms with E-state index in [1.165, 1.54) is 17.1 Å². The van der Waals surface area contributed by atoms with Crippen LogP contribution in [0.2, 0.25) is 0 Å². The molecule has 1 fully saturated rings. The maximum atomic E-state index is 12.3. The zero-order valence-corrected chi connectivity index (χ0v) is 12.6. The molecule has 0 heterocycles. The molecule has 0 bridgehead atoms. The van der Waals surface area contributed by atoms with Crippen LogP contribution < -0.4 is 5.32 Å². The van der Waals surface area contributed by atoms with Gasteiger partial charge in [0.05, 0.1) is 5.69 Å². The highest BCUT2D eigenvalue weighted by Crippen LogP contribution is 2.34. The summed E-state index contributed by atoms with van der Waals surface area (Å²) in [6, 6.07) is 7.40. The first kappa shape index (κ1) is 14.3. The van der Waals surface area contributed by atoms with Crippen LogP contribution in [0.1, 0.15) is 26.2 Å². The number of nitrogens with zero attached hydrogens (tertiary/aromatic N) is 1. The second-order valence-electron chi connectivity index (χ2n) is 5.51. The van der Waals surface area contributed by atoms with Crippen molar-refractivity contribution in [2.75, 3.05) is 19.4 Å². The largest absolute Gasteiger partial charge is 0.381 e. The molecule has 1 N–H and O–H groups in total. The Morgan fingerprint density at radius 1 is 1.32 bits per heavy atom. The predicted octanol–water partition coefficient (Wildman–Crippen LogP) is 2.54. The van der Waals surface area contributed by atoms with Crippen molar-refractivity contribution < 1.29 is 8.42 Å². The Morgan fingerprint density at radius 2 is 1.95 bits per heavy atom. The molecule has 106 valence electrons. The van der Waals surface area contributed by atoms with E-state index in [0.717, 1.165) is 12.3 Å². The fourth-order valence-electron chi connectivity index (χ4n) is 2.19. The Hall–Kier alpha value is -1.07. The Bertz CT molecular complexity index is 536. The molecule has 1 aliphatic carbocycles. The van der Waals surface area contributed by atoms with Gasteiger partial charge in [-0.15, -0.1) is 0 Å². The third-order valence-electron chi connectivity index (χ3n) is 3.43. The summed E-state index contributed by atoms with van der Waals surface area (Å²) in [6.45, 7) is 2.11. The molecule has 4 nitrogen and oxygen atoms in total. The van der Waals surface area contributed by atoms with Crippen LogP contribution in [0.15, 0.2) is 29.2 Å². The summed E-state index contributed by atoms with van der Waals surface area (Å²) in [5.41, 5.74) is 0.698. The van der Waals surface area contributed by atoms with Crippen molar-refractivity contribution in [3.05, 3.63) is 24.3 Å². The highest BCUT2D eigenvalue weighted by molar-refractivity contribution is 7.89. The van der Waals surface area contributed by atoms with Gasteiger partial charge in [-0.2, -0.15) is 0 Å². The molecule has 0 saturated heterocycles. The zero-order valence-electron chi connectivity index (χ0n) is 11.8. The molecule has 1 aromatic rings. The van der Waals surface area contributed by atoms with Gasteiger partial charge in [-0.05, 0) is 31.4 Å². The first-order chi connectivity index (χ1) is 8.91. The highest BCUT2D eigenvalue weighted by Gasteiger charge is 2.25. The SMILES string of the molecule is CC(CC1CC1)Nc1ccccc1S(=O)(=O)N(C)C. The van der Waals surface area contributed by atoms with E-state index in [1.54, 1.807) is 26.2 Å². The molecule has 0 aromatic heterocycles. The van der Waals surface area contributed by atoms with Crippen molar-refractivity contribution in [3.8, 4) is 0 Å². The van der Waals surface area contributed by atoms with E-state index >= 15 is 0 Å². The van der Waals surface area contributed by atoms with Crippen LogP contribution >= 0.6 is 0 Å². The Labute approximate surface area is 115 Å². The van der Waals surface area contributed by atoms with Crippen LogP contribution in [0.5, 0.6) is 0 Å². The molecule has 1 aliphatic rings. The van der Waals surface area contributed by atoms with Crippen LogP contribution in [0.3, 0.4) is 0 Å². The molecule has 1 saturated carbocycles. The quantitative estimate of drug-likeness (QED) is 0.872. The van der Waals surface area contributed by atoms with E-state index in [9.17, 15) is 8.42 Å². The number of anilines is 1. The van der Waals surface area contributed by atoms with Gasteiger partial charge in [0.2, 0.25) is 10.0 Å². The number of nitrogens with one attached hydrogen (secondary N) is 1. The van der Waals surface area contributed by atoms with Crippen molar-refractivity contribution in [3.63, 3.8) is 0 Å². The number of rotatable bonds is 6. The molecule has 1 aromatic carbocycles. The van der Waals surface area contributed by atoms with Crippen molar-refractivity contribution in [2.24, 2.45) is 5.92 Å². The normalized spacial score (nSPS) is 17.5. The maximum Gasteiger partial charge on any atom is 0.244 e. The summed E-state index contributed by atoms with van der Waals surface area (Å²) in [5.74, 6) is 0.820. The molecule has 1 atom stereocenters. The standard InChI is InChI=1S/C14H22N2O2S/c1-11(10-12-8-9-12)15-13-6-4-5-7-14(13)19(17,18)16(2)3/h4-7,11-12,15H,8-10H2,1-3H3. The minimum absolute atomic E-state index is 0.297. The second-order valence-corrected chi connectivity index (χ2v) is 7.63. The molecular weight excluding hydrogens is 260 g/mol. The first-order valence-electron chi connectivity index (χ1n) is 6.69. The molecule has 0 radical (unpaired) electrons. The van der Waals surface area contributed by atoms with E-state index in [0.29, 0.717) is 16.6 Å². The number of hydrogen-bond acceptors (Lipinski definition) is 3. The fourth-order valence-corrected chi connectivity index (χ4v) is 3.23. The molecule has 1 unspecified atom stereocenters. The maximum absolute atomic E-state index is 12.3. The molecular formula is C14H22N2O2S. The Kier molecular flexibility index (Phi) is 4.16. The third-order valence-corrected chi connectivity index (χ3v) is 5.30. The van der Waals surface area contributed by atoms with E-state index in [1.807, 2.05) is 12.1 Å². The predicted molar refractivity (Wildman–Crippen MR) is 77.7 cm³/mol. The Balaban J connectivity index is 2.20. The highest BCUT2D eigenvalue weighted by atomic mass is 32.2. The minimum atomic E-state index is -3.40. The summed E-state index contributed by atoms with van der Waals surface area (Å²) in [7, 11) is -0.285. The van der Waals surface area contributed by atoms with E-state index in [2.05, 4.69) is 12.2 Å². The van der Waals surface area contributed by atoms with Crippen molar-refractivity contribution in [2.45, 2.75) is 37.1 Å². The lowest BCUT2D eigenvalue weighted by Crippen LogP contribution is -2.25. The van der Waals surface area contributed by atoms with E-state index in [4.69, 9.17) is 0 Å². The second kappa shape index (κ2) is 5.51. The Morgan fingerprint density at radius 3 is 2.53 bits per heavy atom. The average Bonchev–Trinajstić information content (AvgIpc) is 3.13. The van der Waals surface area contributed by atoms with Crippen LogP contribution in [0.25, 0.3) is 0 Å². The first-order valence-corrected chi connectivity index (χ1v) is 8.13. The summed E-state index contributed by atoms with van der Waals surface area (Å²) < 4.78 is 25.8. The monoisotopic (exact) mass is 282 g/mol. The summed E-state index contributed by atoms with van der Waals surface area (Å²) in [6.07, 6.45) is 3.73. The lowest BCUT2D eigenvalue weighted by molar-refractivity contribution is 0.521. The van der Waals surface area contributed by atoms with Gasteiger partial charge in [0, 0.05) is 20.1 Å².